The van der Waals surface area contributed by atoms with Crippen LogP contribution in [0.1, 0.15) is 24.8 Å². The first kappa shape index (κ1) is 16.7. The Kier molecular flexibility index (Phi) is 4.20. The monoisotopic (exact) mass is 340 g/mol. The molecule has 1 aromatic rings. The van der Waals surface area contributed by atoms with Gasteiger partial charge in [-0.2, -0.15) is 13.2 Å². The quantitative estimate of drug-likeness (QED) is 0.678. The maximum Gasteiger partial charge on any atom is 0.417 e. The molecule has 0 spiro atoms. The maximum atomic E-state index is 13.0. The van der Waals surface area contributed by atoms with Crippen LogP contribution in [-0.4, -0.2) is 24.7 Å². The first-order valence-corrected chi connectivity index (χ1v) is 7.91. The summed E-state index contributed by atoms with van der Waals surface area (Å²) in [4.78, 5) is 9.85. The lowest BCUT2D eigenvalue weighted by molar-refractivity contribution is -0.141. The molecule has 1 aliphatic rings. The van der Waals surface area contributed by atoms with Gasteiger partial charge >= 0.3 is 12.1 Å². The van der Waals surface area contributed by atoms with Crippen molar-refractivity contribution >= 4 is 15.8 Å². The number of hydrogen-bond acceptors (Lipinski definition) is 3. The smallest absolute Gasteiger partial charge is 0.417 e. The Bertz CT molecular complexity index is 696. The fraction of sp³-hybridized carbons (Fsp3) is 0.462. The third kappa shape index (κ3) is 3.08. The highest BCUT2D eigenvalue weighted by atomic mass is 32.2. The molecule has 2 unspecified atom stereocenters. The van der Waals surface area contributed by atoms with Crippen molar-refractivity contribution in [1.29, 1.82) is 0 Å². The first-order valence-electron chi connectivity index (χ1n) is 6.37. The third-order valence-corrected chi connectivity index (χ3v) is 6.00. The minimum absolute atomic E-state index is 0.0338. The van der Waals surface area contributed by atoms with Gasteiger partial charge in [-0.05, 0) is 37.5 Å². The Hall–Kier alpha value is -1.64. The number of halogens is 4. The Morgan fingerprint density at radius 3 is 2.36 bits per heavy atom. The van der Waals surface area contributed by atoms with Crippen molar-refractivity contribution < 1.29 is 35.9 Å². The topological polar surface area (TPSA) is 71.4 Å². The molecule has 0 aliphatic heterocycles. The van der Waals surface area contributed by atoms with Gasteiger partial charge in [0, 0.05) is 0 Å². The minimum Gasteiger partial charge on any atom is -0.481 e. The van der Waals surface area contributed by atoms with Crippen LogP contribution < -0.4 is 0 Å². The Morgan fingerprint density at radius 1 is 1.23 bits per heavy atom. The van der Waals surface area contributed by atoms with Crippen LogP contribution in [0.15, 0.2) is 23.1 Å². The lowest BCUT2D eigenvalue weighted by atomic mass is 10.1. The second-order valence-electron chi connectivity index (χ2n) is 5.15. The van der Waals surface area contributed by atoms with Crippen molar-refractivity contribution in [1.82, 2.24) is 0 Å². The van der Waals surface area contributed by atoms with E-state index in [2.05, 4.69) is 0 Å². The van der Waals surface area contributed by atoms with Crippen molar-refractivity contribution in [3.05, 3.63) is 29.6 Å². The molecule has 0 saturated heterocycles. The molecule has 2 rings (SSSR count). The van der Waals surface area contributed by atoms with Crippen LogP contribution in [0.2, 0.25) is 0 Å². The summed E-state index contributed by atoms with van der Waals surface area (Å²) >= 11 is 0. The van der Waals surface area contributed by atoms with Gasteiger partial charge in [-0.1, -0.05) is 0 Å². The molecule has 0 bridgehead atoms. The molecule has 1 aliphatic carbocycles. The van der Waals surface area contributed by atoms with Crippen LogP contribution >= 0.6 is 0 Å². The average Bonchev–Trinajstić information content (AvgIpc) is 2.87. The van der Waals surface area contributed by atoms with E-state index in [1.165, 1.54) is 0 Å². The summed E-state index contributed by atoms with van der Waals surface area (Å²) in [7, 11) is -4.39. The Morgan fingerprint density at radius 2 is 1.86 bits per heavy atom. The summed E-state index contributed by atoms with van der Waals surface area (Å²) in [6, 6.07) is 1.36. The number of benzene rings is 1. The van der Waals surface area contributed by atoms with Crippen molar-refractivity contribution in [2.75, 3.05) is 0 Å². The lowest BCUT2D eigenvalue weighted by Crippen LogP contribution is -2.23. The van der Waals surface area contributed by atoms with Crippen LogP contribution in [-0.2, 0) is 20.8 Å². The zero-order chi connectivity index (χ0) is 16.7. The van der Waals surface area contributed by atoms with Crippen LogP contribution in [0.25, 0.3) is 0 Å². The highest BCUT2D eigenvalue weighted by Gasteiger charge is 2.43. The zero-order valence-electron chi connectivity index (χ0n) is 11.1. The summed E-state index contributed by atoms with van der Waals surface area (Å²) in [5.74, 6) is -3.26. The fourth-order valence-corrected chi connectivity index (χ4v) is 4.63. The molecular formula is C13H12F4O4S. The number of carbonyl (C=O) groups is 1. The minimum atomic E-state index is -5.02. The van der Waals surface area contributed by atoms with Gasteiger partial charge in [-0.25, -0.2) is 12.8 Å². The molecule has 0 radical (unpaired) electrons. The SMILES string of the molecule is O=C(O)C1CCC(S(=O)(=O)c2ccc(F)cc2C(F)(F)F)C1. The fourth-order valence-electron chi connectivity index (χ4n) is 2.60. The summed E-state index contributed by atoms with van der Waals surface area (Å²) in [6.45, 7) is 0. The zero-order valence-corrected chi connectivity index (χ0v) is 11.9. The van der Waals surface area contributed by atoms with Crippen molar-refractivity contribution in [3.63, 3.8) is 0 Å². The number of carboxylic acids is 1. The van der Waals surface area contributed by atoms with E-state index in [1.807, 2.05) is 0 Å². The van der Waals surface area contributed by atoms with E-state index in [9.17, 15) is 30.8 Å². The Balaban J connectivity index is 2.45. The van der Waals surface area contributed by atoms with E-state index in [0.29, 0.717) is 12.1 Å². The van der Waals surface area contributed by atoms with E-state index < -0.39 is 49.4 Å². The van der Waals surface area contributed by atoms with E-state index in [1.54, 1.807) is 0 Å². The highest BCUT2D eigenvalue weighted by molar-refractivity contribution is 7.92. The summed E-state index contributed by atoms with van der Waals surface area (Å²) in [6.07, 6.45) is -5.21. The molecule has 22 heavy (non-hydrogen) atoms. The van der Waals surface area contributed by atoms with Crippen molar-refractivity contribution in [2.45, 2.75) is 35.6 Å². The summed E-state index contributed by atoms with van der Waals surface area (Å²) < 4.78 is 76.5. The standard InChI is InChI=1S/C13H12F4O4S/c14-8-2-4-11(10(6-8)13(15,16)17)22(20,21)9-3-1-7(5-9)12(18)19/h2,4,6-7,9H,1,3,5H2,(H,18,19). The van der Waals surface area contributed by atoms with Crippen molar-refractivity contribution in [2.24, 2.45) is 5.92 Å². The van der Waals surface area contributed by atoms with Gasteiger partial charge in [0.1, 0.15) is 5.82 Å². The van der Waals surface area contributed by atoms with Crippen LogP contribution in [0, 0.1) is 11.7 Å². The molecule has 1 N–H and O–H groups in total. The van der Waals surface area contributed by atoms with Gasteiger partial charge in [-0.3, -0.25) is 4.79 Å². The molecule has 2 atom stereocenters. The predicted molar refractivity (Wildman–Crippen MR) is 67.4 cm³/mol. The number of alkyl halides is 3. The molecule has 0 aromatic heterocycles. The van der Waals surface area contributed by atoms with E-state index in [4.69, 9.17) is 5.11 Å². The van der Waals surface area contributed by atoms with Crippen molar-refractivity contribution in [3.8, 4) is 0 Å². The maximum absolute atomic E-state index is 13.0. The molecule has 1 saturated carbocycles. The normalized spacial score (nSPS) is 22.7. The van der Waals surface area contributed by atoms with Gasteiger partial charge in [0.2, 0.25) is 0 Å². The average molecular weight is 340 g/mol. The highest BCUT2D eigenvalue weighted by Crippen LogP contribution is 2.39. The number of sulfone groups is 1. The van der Waals surface area contributed by atoms with Gasteiger partial charge in [0.05, 0.1) is 21.6 Å². The van der Waals surface area contributed by atoms with Crippen LogP contribution in [0.4, 0.5) is 17.6 Å². The lowest BCUT2D eigenvalue weighted by Gasteiger charge is -2.17. The molecule has 0 amide bonds. The molecule has 4 nitrogen and oxygen atoms in total. The third-order valence-electron chi connectivity index (χ3n) is 3.73. The van der Waals surface area contributed by atoms with Gasteiger partial charge < -0.3 is 5.11 Å². The summed E-state index contributed by atoms with van der Waals surface area (Å²) in [5.41, 5.74) is -1.56. The second-order valence-corrected chi connectivity index (χ2v) is 7.35. The number of rotatable bonds is 3. The van der Waals surface area contributed by atoms with Gasteiger partial charge in [0.25, 0.3) is 0 Å². The molecule has 0 heterocycles. The second kappa shape index (κ2) is 5.53. The largest absolute Gasteiger partial charge is 0.481 e. The molecule has 9 heteroatoms. The number of carboxylic acid groups (broad SMARTS) is 1. The summed E-state index contributed by atoms with van der Waals surface area (Å²) in [5, 5.41) is 7.65. The van der Waals surface area contributed by atoms with Crippen LogP contribution in [0.3, 0.4) is 0 Å². The number of aliphatic carboxylic acids is 1. The molecule has 1 fully saturated rings. The van der Waals surface area contributed by atoms with Crippen LogP contribution in [0.5, 0.6) is 0 Å². The van der Waals surface area contributed by atoms with Gasteiger partial charge in [0.15, 0.2) is 9.84 Å². The molecule has 1 aromatic carbocycles. The molecule has 122 valence electrons. The molecular weight excluding hydrogens is 328 g/mol. The van der Waals surface area contributed by atoms with E-state index in [0.717, 1.165) is 0 Å². The van der Waals surface area contributed by atoms with Gasteiger partial charge in [-0.15, -0.1) is 0 Å². The van der Waals surface area contributed by atoms with E-state index in [-0.39, 0.29) is 25.3 Å². The van der Waals surface area contributed by atoms with E-state index >= 15 is 0 Å². The predicted octanol–water partition coefficient (Wildman–Crippen LogP) is 2.87. The number of hydrogen-bond donors (Lipinski definition) is 1. The first-order chi connectivity index (χ1) is 10.0. The Labute approximate surface area is 123 Å².